The van der Waals surface area contributed by atoms with Gasteiger partial charge in [-0.3, -0.25) is 10.5 Å². The molecule has 0 atom stereocenters. The molecular formula is C11H17N7. The molecule has 0 spiro atoms. The first-order valence-corrected chi connectivity index (χ1v) is 6.28. The van der Waals surface area contributed by atoms with Gasteiger partial charge in [0, 0.05) is 6.54 Å². The maximum Gasteiger partial charge on any atom is 0.241 e. The molecule has 96 valence electrons. The van der Waals surface area contributed by atoms with Crippen LogP contribution >= 0.6 is 0 Å². The van der Waals surface area contributed by atoms with Crippen molar-refractivity contribution in [2.75, 3.05) is 17.3 Å². The zero-order valence-corrected chi connectivity index (χ0v) is 10.1. The molecule has 2 aromatic heterocycles. The molecule has 5 N–H and O–H groups in total. The average molecular weight is 247 g/mol. The highest BCUT2D eigenvalue weighted by Crippen LogP contribution is 2.29. The molecule has 1 aliphatic carbocycles. The molecule has 1 aliphatic rings. The molecule has 0 unspecified atom stereocenters. The van der Waals surface area contributed by atoms with E-state index < -0.39 is 0 Å². The lowest BCUT2D eigenvalue weighted by Crippen LogP contribution is -2.17. The van der Waals surface area contributed by atoms with Gasteiger partial charge in [-0.1, -0.05) is 19.3 Å². The van der Waals surface area contributed by atoms with Crippen LogP contribution in [0.25, 0.3) is 11.0 Å². The fraction of sp³-hybridized carbons (Fsp3) is 0.545. The minimum atomic E-state index is 0.387. The Kier molecular flexibility index (Phi) is 2.97. The van der Waals surface area contributed by atoms with Crippen LogP contribution in [0.15, 0.2) is 6.20 Å². The van der Waals surface area contributed by atoms with Gasteiger partial charge in [-0.2, -0.15) is 15.1 Å². The predicted molar refractivity (Wildman–Crippen MR) is 69.9 cm³/mol. The lowest BCUT2D eigenvalue weighted by Gasteiger charge is -2.25. The number of rotatable bonds is 5. The Bertz CT molecular complexity index is 531. The number of fused-ring (bicyclic) bond motifs is 1. The minimum Gasteiger partial charge on any atom is -0.369 e. The maximum atomic E-state index is 5.35. The molecule has 2 heterocycles. The van der Waals surface area contributed by atoms with Crippen LogP contribution in [0.3, 0.4) is 0 Å². The molecule has 0 amide bonds. The third-order valence-corrected chi connectivity index (χ3v) is 3.51. The Balaban J connectivity index is 1.74. The monoisotopic (exact) mass is 247 g/mol. The van der Waals surface area contributed by atoms with Crippen molar-refractivity contribution in [2.45, 2.75) is 25.7 Å². The molecule has 0 aliphatic heterocycles. The van der Waals surface area contributed by atoms with Crippen LogP contribution in [-0.2, 0) is 0 Å². The van der Waals surface area contributed by atoms with Crippen molar-refractivity contribution in [2.24, 2.45) is 11.8 Å². The molecule has 18 heavy (non-hydrogen) atoms. The van der Waals surface area contributed by atoms with E-state index in [9.17, 15) is 0 Å². The quantitative estimate of drug-likeness (QED) is 0.468. The van der Waals surface area contributed by atoms with Gasteiger partial charge in [-0.15, -0.1) is 0 Å². The first kappa shape index (κ1) is 11.2. The smallest absolute Gasteiger partial charge is 0.241 e. The molecule has 0 aromatic carbocycles. The van der Waals surface area contributed by atoms with Crippen LogP contribution in [0.2, 0.25) is 0 Å². The normalized spacial score (nSPS) is 15.6. The maximum absolute atomic E-state index is 5.35. The second-order valence-electron chi connectivity index (χ2n) is 4.68. The van der Waals surface area contributed by atoms with Crippen LogP contribution in [0.1, 0.15) is 25.7 Å². The van der Waals surface area contributed by atoms with Gasteiger partial charge in [-0.05, 0) is 12.3 Å². The van der Waals surface area contributed by atoms with E-state index in [-0.39, 0.29) is 0 Å². The minimum absolute atomic E-state index is 0.387. The van der Waals surface area contributed by atoms with E-state index in [4.69, 9.17) is 5.84 Å². The van der Waals surface area contributed by atoms with Gasteiger partial charge in [0.2, 0.25) is 5.95 Å². The van der Waals surface area contributed by atoms with Crippen LogP contribution in [0.4, 0.5) is 11.8 Å². The van der Waals surface area contributed by atoms with E-state index >= 15 is 0 Å². The molecule has 0 radical (unpaired) electrons. The highest BCUT2D eigenvalue weighted by Gasteiger charge is 2.17. The molecule has 7 nitrogen and oxygen atoms in total. The first-order valence-electron chi connectivity index (χ1n) is 6.28. The summed E-state index contributed by atoms with van der Waals surface area (Å²) >= 11 is 0. The number of nitrogens with zero attached hydrogens (tertiary/aromatic N) is 3. The first-order chi connectivity index (χ1) is 8.86. The van der Waals surface area contributed by atoms with Crippen molar-refractivity contribution in [3.63, 3.8) is 0 Å². The van der Waals surface area contributed by atoms with E-state index in [2.05, 4.69) is 30.9 Å². The van der Waals surface area contributed by atoms with Gasteiger partial charge in [0.15, 0.2) is 5.65 Å². The third-order valence-electron chi connectivity index (χ3n) is 3.51. The van der Waals surface area contributed by atoms with Crippen molar-refractivity contribution in [1.29, 1.82) is 0 Å². The molecule has 1 fully saturated rings. The second kappa shape index (κ2) is 4.77. The summed E-state index contributed by atoms with van der Waals surface area (Å²) in [4.78, 5) is 8.49. The summed E-state index contributed by atoms with van der Waals surface area (Å²) in [6, 6.07) is 0. The predicted octanol–water partition coefficient (Wildman–Crippen LogP) is 1.24. The summed E-state index contributed by atoms with van der Waals surface area (Å²) in [7, 11) is 0. The van der Waals surface area contributed by atoms with Crippen molar-refractivity contribution in [3.8, 4) is 0 Å². The number of H-pyrrole nitrogens is 1. The van der Waals surface area contributed by atoms with Gasteiger partial charge in [0.1, 0.15) is 5.82 Å². The number of anilines is 2. The fourth-order valence-electron chi connectivity index (χ4n) is 2.21. The Labute approximate surface area is 105 Å². The van der Waals surface area contributed by atoms with Crippen molar-refractivity contribution < 1.29 is 0 Å². The zero-order valence-electron chi connectivity index (χ0n) is 10.1. The SMILES string of the molecule is NNc1nc(NCCC2CCC2)c2cn[nH]c2n1. The highest BCUT2D eigenvalue weighted by molar-refractivity contribution is 5.86. The molecule has 7 heteroatoms. The number of aromatic nitrogens is 4. The number of nitrogens with one attached hydrogen (secondary N) is 3. The molecular weight excluding hydrogens is 230 g/mol. The second-order valence-corrected chi connectivity index (χ2v) is 4.68. The topological polar surface area (TPSA) is 105 Å². The number of nitrogen functional groups attached to an aromatic ring is 1. The number of aromatic amines is 1. The molecule has 2 aromatic rings. The van der Waals surface area contributed by atoms with Gasteiger partial charge in [0.05, 0.1) is 11.6 Å². The summed E-state index contributed by atoms with van der Waals surface area (Å²) in [5.41, 5.74) is 3.15. The Hall–Kier alpha value is -1.89. The van der Waals surface area contributed by atoms with E-state index in [1.165, 1.54) is 25.7 Å². The lowest BCUT2D eigenvalue weighted by molar-refractivity contribution is 0.303. The summed E-state index contributed by atoms with van der Waals surface area (Å²) in [5, 5.41) is 11.0. The molecule has 0 bridgehead atoms. The third kappa shape index (κ3) is 2.08. The van der Waals surface area contributed by atoms with Crippen molar-refractivity contribution >= 4 is 22.8 Å². The lowest BCUT2D eigenvalue weighted by atomic mass is 9.83. The summed E-state index contributed by atoms with van der Waals surface area (Å²) < 4.78 is 0. The van der Waals surface area contributed by atoms with E-state index in [1.807, 2.05) is 0 Å². The summed E-state index contributed by atoms with van der Waals surface area (Å²) in [5.74, 6) is 7.40. The van der Waals surface area contributed by atoms with Crippen LogP contribution < -0.4 is 16.6 Å². The molecule has 3 rings (SSSR count). The van der Waals surface area contributed by atoms with E-state index in [1.54, 1.807) is 6.20 Å². The molecule has 1 saturated carbocycles. The number of hydrogen-bond donors (Lipinski definition) is 4. The molecule has 0 saturated heterocycles. The fourth-order valence-corrected chi connectivity index (χ4v) is 2.21. The van der Waals surface area contributed by atoms with Gasteiger partial charge in [-0.25, -0.2) is 5.84 Å². The Morgan fingerprint density at radius 3 is 3.00 bits per heavy atom. The Morgan fingerprint density at radius 1 is 1.39 bits per heavy atom. The van der Waals surface area contributed by atoms with Gasteiger partial charge < -0.3 is 5.32 Å². The van der Waals surface area contributed by atoms with Crippen LogP contribution in [-0.4, -0.2) is 26.7 Å². The van der Waals surface area contributed by atoms with Crippen LogP contribution in [0.5, 0.6) is 0 Å². The standard InChI is InChI=1S/C11H17N7/c12-17-11-15-9(8-6-14-18-10(8)16-11)13-5-4-7-2-1-3-7/h6-7H,1-5,12H2,(H3,13,14,15,16,17,18). The van der Waals surface area contributed by atoms with Crippen LogP contribution in [0, 0.1) is 5.92 Å². The number of hydrazine groups is 1. The van der Waals surface area contributed by atoms with E-state index in [0.717, 1.165) is 23.7 Å². The highest BCUT2D eigenvalue weighted by atomic mass is 15.3. The summed E-state index contributed by atoms with van der Waals surface area (Å²) in [6.07, 6.45) is 7.02. The van der Waals surface area contributed by atoms with Gasteiger partial charge in [0.25, 0.3) is 0 Å². The van der Waals surface area contributed by atoms with Gasteiger partial charge >= 0.3 is 0 Å². The van der Waals surface area contributed by atoms with Crippen molar-refractivity contribution in [3.05, 3.63) is 6.20 Å². The Morgan fingerprint density at radius 2 is 2.28 bits per heavy atom. The number of hydrogen-bond acceptors (Lipinski definition) is 6. The number of nitrogens with two attached hydrogens (primary N) is 1. The van der Waals surface area contributed by atoms with E-state index in [0.29, 0.717) is 11.6 Å². The van der Waals surface area contributed by atoms with Crippen molar-refractivity contribution in [1.82, 2.24) is 20.2 Å². The zero-order chi connectivity index (χ0) is 12.4. The largest absolute Gasteiger partial charge is 0.369 e. The summed E-state index contributed by atoms with van der Waals surface area (Å²) in [6.45, 7) is 0.923. The average Bonchev–Trinajstić information content (AvgIpc) is 2.80.